The van der Waals surface area contributed by atoms with Crippen molar-refractivity contribution in [2.75, 3.05) is 19.6 Å². The lowest BCUT2D eigenvalue weighted by Gasteiger charge is -2.15. The van der Waals surface area contributed by atoms with Crippen molar-refractivity contribution in [3.8, 4) is 5.75 Å². The molecule has 0 unspecified atom stereocenters. The van der Waals surface area contributed by atoms with E-state index in [-0.39, 0.29) is 23.8 Å². The Bertz CT molecular complexity index is 499. The Morgan fingerprint density at radius 2 is 2.00 bits per heavy atom. The molecule has 2 rings (SSSR count). The maximum atomic E-state index is 11.9. The van der Waals surface area contributed by atoms with Gasteiger partial charge in [0.2, 0.25) is 5.91 Å². The van der Waals surface area contributed by atoms with E-state index >= 15 is 0 Å². The highest BCUT2D eigenvalue weighted by atomic mass is 79.9. The molecule has 5 nitrogen and oxygen atoms in total. The number of likely N-dealkylation sites (tertiary alicyclic amines) is 1. The summed E-state index contributed by atoms with van der Waals surface area (Å²) in [4.78, 5) is 25.4. The molecule has 2 amide bonds. The number of carbonyl (C=O) groups is 2. The second-order valence-electron chi connectivity index (χ2n) is 4.43. The smallest absolute Gasteiger partial charge is 0.255 e. The molecular weight excluding hydrogens is 312 g/mol. The fourth-order valence-corrected chi connectivity index (χ4v) is 2.38. The first-order valence-electron chi connectivity index (χ1n) is 6.12. The quantitative estimate of drug-likeness (QED) is 0.884. The van der Waals surface area contributed by atoms with Gasteiger partial charge in [0.25, 0.3) is 5.91 Å². The second kappa shape index (κ2) is 6.06. The maximum Gasteiger partial charge on any atom is 0.255 e. The maximum absolute atomic E-state index is 11.9. The topological polar surface area (TPSA) is 69.6 Å². The predicted octanol–water partition coefficient (Wildman–Crippen LogP) is 1.51. The van der Waals surface area contributed by atoms with E-state index in [0.29, 0.717) is 4.47 Å². The van der Waals surface area contributed by atoms with Crippen LogP contribution >= 0.6 is 15.9 Å². The number of halogens is 1. The lowest BCUT2D eigenvalue weighted by molar-refractivity contribution is -0.129. The number of hydrogen-bond donors (Lipinski definition) is 2. The standard InChI is InChI=1S/C13H15BrN2O3/c14-9-3-4-11(17)10(7-9)13(19)15-8-12(18)16-5-1-2-6-16/h3-4,7,17H,1-2,5-6,8H2,(H,15,19). The second-order valence-corrected chi connectivity index (χ2v) is 5.35. The molecule has 2 N–H and O–H groups in total. The average Bonchev–Trinajstić information content (AvgIpc) is 2.92. The van der Waals surface area contributed by atoms with Gasteiger partial charge in [0.15, 0.2) is 0 Å². The molecule has 0 aromatic heterocycles. The summed E-state index contributed by atoms with van der Waals surface area (Å²) in [6.45, 7) is 1.48. The summed E-state index contributed by atoms with van der Waals surface area (Å²) < 4.78 is 0.696. The van der Waals surface area contributed by atoms with E-state index in [9.17, 15) is 14.7 Å². The summed E-state index contributed by atoms with van der Waals surface area (Å²) in [5.74, 6) is -0.638. The van der Waals surface area contributed by atoms with Gasteiger partial charge in [-0.05, 0) is 31.0 Å². The summed E-state index contributed by atoms with van der Waals surface area (Å²) in [6.07, 6.45) is 2.04. The van der Waals surface area contributed by atoms with E-state index in [1.165, 1.54) is 12.1 Å². The Morgan fingerprint density at radius 3 is 2.68 bits per heavy atom. The number of nitrogens with zero attached hydrogens (tertiary/aromatic N) is 1. The number of rotatable bonds is 3. The predicted molar refractivity (Wildman–Crippen MR) is 74.0 cm³/mol. The molecule has 0 saturated carbocycles. The summed E-state index contributed by atoms with van der Waals surface area (Å²) >= 11 is 3.23. The molecule has 1 heterocycles. The molecule has 1 aromatic rings. The molecule has 0 bridgehead atoms. The van der Waals surface area contributed by atoms with Crippen LogP contribution in [0.5, 0.6) is 5.75 Å². The number of nitrogens with one attached hydrogen (secondary N) is 1. The molecule has 1 aliphatic heterocycles. The first kappa shape index (κ1) is 13.9. The van der Waals surface area contributed by atoms with Crippen molar-refractivity contribution in [2.45, 2.75) is 12.8 Å². The van der Waals surface area contributed by atoms with Crippen LogP contribution in [0.2, 0.25) is 0 Å². The minimum atomic E-state index is -0.452. The van der Waals surface area contributed by atoms with Gasteiger partial charge in [0.05, 0.1) is 12.1 Å². The Balaban J connectivity index is 1.93. The van der Waals surface area contributed by atoms with Gasteiger partial charge in [0.1, 0.15) is 5.75 Å². The van der Waals surface area contributed by atoms with Gasteiger partial charge in [-0.1, -0.05) is 15.9 Å². The van der Waals surface area contributed by atoms with Crippen molar-refractivity contribution in [3.05, 3.63) is 28.2 Å². The highest BCUT2D eigenvalue weighted by Gasteiger charge is 2.19. The van der Waals surface area contributed by atoms with Crippen LogP contribution in [0.15, 0.2) is 22.7 Å². The van der Waals surface area contributed by atoms with Crippen molar-refractivity contribution in [1.82, 2.24) is 10.2 Å². The number of phenols is 1. The van der Waals surface area contributed by atoms with Gasteiger partial charge in [-0.25, -0.2) is 0 Å². The average molecular weight is 327 g/mol. The van der Waals surface area contributed by atoms with E-state index in [2.05, 4.69) is 21.2 Å². The zero-order valence-electron chi connectivity index (χ0n) is 10.4. The summed E-state index contributed by atoms with van der Waals surface area (Å²) in [5, 5.41) is 12.1. The van der Waals surface area contributed by atoms with Crippen LogP contribution in [-0.4, -0.2) is 41.5 Å². The SMILES string of the molecule is O=C(NCC(=O)N1CCCC1)c1cc(Br)ccc1O. The number of phenolic OH excluding ortho intramolecular Hbond substituents is 1. The highest BCUT2D eigenvalue weighted by molar-refractivity contribution is 9.10. The third-order valence-corrected chi connectivity index (χ3v) is 3.56. The molecule has 0 aliphatic carbocycles. The summed E-state index contributed by atoms with van der Waals surface area (Å²) in [5.41, 5.74) is 0.156. The fourth-order valence-electron chi connectivity index (χ4n) is 2.02. The summed E-state index contributed by atoms with van der Waals surface area (Å²) in [6, 6.07) is 4.59. The molecule has 1 saturated heterocycles. The number of carbonyl (C=O) groups excluding carboxylic acids is 2. The van der Waals surface area contributed by atoms with Crippen molar-refractivity contribution in [2.24, 2.45) is 0 Å². The van der Waals surface area contributed by atoms with Gasteiger partial charge >= 0.3 is 0 Å². The van der Waals surface area contributed by atoms with Gasteiger partial charge in [0, 0.05) is 17.6 Å². The molecule has 1 fully saturated rings. The third kappa shape index (κ3) is 3.47. The number of amides is 2. The van der Waals surface area contributed by atoms with Gasteiger partial charge < -0.3 is 15.3 Å². The van der Waals surface area contributed by atoms with Crippen LogP contribution in [0.25, 0.3) is 0 Å². The van der Waals surface area contributed by atoms with E-state index in [1.54, 1.807) is 11.0 Å². The van der Waals surface area contributed by atoms with Crippen LogP contribution in [-0.2, 0) is 4.79 Å². The zero-order chi connectivity index (χ0) is 13.8. The normalized spacial score (nSPS) is 14.5. The third-order valence-electron chi connectivity index (χ3n) is 3.06. The molecule has 1 aromatic carbocycles. The molecular formula is C13H15BrN2O3. The van der Waals surface area contributed by atoms with Crippen LogP contribution < -0.4 is 5.32 Å². The Labute approximate surface area is 119 Å². The van der Waals surface area contributed by atoms with Gasteiger partial charge in [-0.15, -0.1) is 0 Å². The van der Waals surface area contributed by atoms with Crippen molar-refractivity contribution in [3.63, 3.8) is 0 Å². The first-order valence-corrected chi connectivity index (χ1v) is 6.92. The van der Waals surface area contributed by atoms with Crippen LogP contribution in [0.1, 0.15) is 23.2 Å². The zero-order valence-corrected chi connectivity index (χ0v) is 11.9. The lowest BCUT2D eigenvalue weighted by Crippen LogP contribution is -2.38. The van der Waals surface area contributed by atoms with E-state index in [1.807, 2.05) is 0 Å². The minimum Gasteiger partial charge on any atom is -0.507 e. The highest BCUT2D eigenvalue weighted by Crippen LogP contribution is 2.21. The molecule has 0 atom stereocenters. The van der Waals surface area contributed by atoms with Crippen molar-refractivity contribution < 1.29 is 14.7 Å². The van der Waals surface area contributed by atoms with E-state index in [4.69, 9.17) is 0 Å². The largest absolute Gasteiger partial charge is 0.507 e. The van der Waals surface area contributed by atoms with E-state index < -0.39 is 5.91 Å². The van der Waals surface area contributed by atoms with Crippen LogP contribution in [0.4, 0.5) is 0 Å². The number of hydrogen-bond acceptors (Lipinski definition) is 3. The van der Waals surface area contributed by atoms with E-state index in [0.717, 1.165) is 25.9 Å². The molecule has 0 spiro atoms. The Morgan fingerprint density at radius 1 is 1.32 bits per heavy atom. The fraction of sp³-hybridized carbons (Fsp3) is 0.385. The molecule has 102 valence electrons. The van der Waals surface area contributed by atoms with Gasteiger partial charge in [-0.3, -0.25) is 9.59 Å². The minimum absolute atomic E-state index is 0.0369. The van der Waals surface area contributed by atoms with Crippen LogP contribution in [0.3, 0.4) is 0 Å². The molecule has 1 aliphatic rings. The lowest BCUT2D eigenvalue weighted by atomic mass is 10.2. The molecule has 0 radical (unpaired) electrons. The number of aromatic hydroxyl groups is 1. The molecule has 6 heteroatoms. The Kier molecular flexibility index (Phi) is 4.42. The van der Waals surface area contributed by atoms with Crippen molar-refractivity contribution in [1.29, 1.82) is 0 Å². The van der Waals surface area contributed by atoms with Crippen molar-refractivity contribution >= 4 is 27.7 Å². The van der Waals surface area contributed by atoms with Gasteiger partial charge in [-0.2, -0.15) is 0 Å². The number of benzene rings is 1. The van der Waals surface area contributed by atoms with Crippen LogP contribution in [0, 0.1) is 0 Å². The first-order chi connectivity index (χ1) is 9.08. The molecule has 19 heavy (non-hydrogen) atoms. The Hall–Kier alpha value is -1.56. The monoisotopic (exact) mass is 326 g/mol. The summed E-state index contributed by atoms with van der Waals surface area (Å²) in [7, 11) is 0.